The highest BCUT2D eigenvalue weighted by Crippen LogP contribution is 2.17. The van der Waals surface area contributed by atoms with Crippen LogP contribution in [0.1, 0.15) is 22.0 Å². The van der Waals surface area contributed by atoms with Gasteiger partial charge >= 0.3 is 0 Å². The first-order valence-electron chi connectivity index (χ1n) is 6.16. The minimum Gasteiger partial charge on any atom is -0.387 e. The molecule has 1 atom stereocenters. The van der Waals surface area contributed by atoms with Crippen LogP contribution in [0.5, 0.6) is 0 Å². The summed E-state index contributed by atoms with van der Waals surface area (Å²) in [6.45, 7) is 0.181. The van der Waals surface area contributed by atoms with Gasteiger partial charge in [0.15, 0.2) is 0 Å². The lowest BCUT2D eigenvalue weighted by molar-refractivity contribution is 0.0918. The molecule has 0 fully saturated rings. The highest BCUT2D eigenvalue weighted by atomic mass is 32.1. The number of aliphatic hydroxyl groups is 1. The Hall–Kier alpha value is -2.18. The maximum Gasteiger partial charge on any atom is 0.253 e. The normalized spacial score (nSPS) is 12.4. The molecule has 1 unspecified atom stereocenters. The fourth-order valence-electron chi connectivity index (χ4n) is 2.03. The maximum atomic E-state index is 12.2. The molecule has 6 heteroatoms. The summed E-state index contributed by atoms with van der Waals surface area (Å²) in [6, 6.07) is 7.27. The minimum atomic E-state index is -0.689. The lowest BCUT2D eigenvalue weighted by Crippen LogP contribution is -2.28. The first kappa shape index (κ1) is 12.8. The summed E-state index contributed by atoms with van der Waals surface area (Å²) in [5.74, 6) is -0.228. The van der Waals surface area contributed by atoms with Gasteiger partial charge in [0.1, 0.15) is 0 Å². The third-order valence-corrected chi connectivity index (χ3v) is 3.81. The van der Waals surface area contributed by atoms with Crippen LogP contribution < -0.4 is 5.32 Å². The van der Waals surface area contributed by atoms with Crippen LogP contribution in [0, 0.1) is 0 Å². The van der Waals surface area contributed by atoms with Crippen molar-refractivity contribution in [3.05, 3.63) is 52.3 Å². The lowest BCUT2D eigenvalue weighted by atomic mass is 10.1. The maximum absolute atomic E-state index is 12.2. The molecule has 0 aliphatic carbocycles. The van der Waals surface area contributed by atoms with Crippen LogP contribution in [0.15, 0.2) is 41.2 Å². The van der Waals surface area contributed by atoms with Gasteiger partial charge < -0.3 is 10.4 Å². The fourth-order valence-corrected chi connectivity index (χ4v) is 2.73. The van der Waals surface area contributed by atoms with Crippen LogP contribution in [-0.4, -0.2) is 27.8 Å². The molecule has 0 saturated carbocycles. The quantitative estimate of drug-likeness (QED) is 0.687. The second kappa shape index (κ2) is 5.44. The monoisotopic (exact) mass is 287 g/mol. The largest absolute Gasteiger partial charge is 0.387 e. The van der Waals surface area contributed by atoms with Gasteiger partial charge in [-0.1, -0.05) is 12.1 Å². The molecule has 0 bridgehead atoms. The fraction of sp³-hybridized carbons (Fsp3) is 0.143. The lowest BCUT2D eigenvalue weighted by Gasteiger charge is -2.10. The zero-order valence-corrected chi connectivity index (χ0v) is 11.4. The predicted octanol–water partition coefficient (Wildman–Crippen LogP) is 2.09. The van der Waals surface area contributed by atoms with Crippen molar-refractivity contribution in [1.82, 2.24) is 15.5 Å². The molecule has 1 aromatic carbocycles. The molecular weight excluding hydrogens is 274 g/mol. The van der Waals surface area contributed by atoms with Crippen LogP contribution in [0.25, 0.3) is 10.9 Å². The topological polar surface area (TPSA) is 78.0 Å². The Labute approximate surface area is 119 Å². The molecule has 0 radical (unpaired) electrons. The Morgan fingerprint density at radius 2 is 2.35 bits per heavy atom. The number of carbonyl (C=O) groups excluding carboxylic acids is 1. The summed E-state index contributed by atoms with van der Waals surface area (Å²) >= 11 is 1.52. The number of aliphatic hydroxyl groups excluding tert-OH is 1. The number of fused-ring (bicyclic) bond motifs is 1. The Bertz CT molecular complexity index is 721. The smallest absolute Gasteiger partial charge is 0.253 e. The van der Waals surface area contributed by atoms with Crippen molar-refractivity contribution >= 4 is 28.1 Å². The van der Waals surface area contributed by atoms with Crippen molar-refractivity contribution in [3.63, 3.8) is 0 Å². The molecule has 0 aliphatic rings. The van der Waals surface area contributed by atoms with E-state index in [4.69, 9.17) is 0 Å². The highest BCUT2D eigenvalue weighted by Gasteiger charge is 2.13. The number of H-pyrrole nitrogens is 1. The van der Waals surface area contributed by atoms with Crippen LogP contribution in [-0.2, 0) is 0 Å². The molecular formula is C14H13N3O2S. The second-order valence-corrected chi connectivity index (χ2v) is 5.20. The second-order valence-electron chi connectivity index (χ2n) is 4.42. The molecule has 2 heterocycles. The summed E-state index contributed by atoms with van der Waals surface area (Å²) in [5.41, 5.74) is 2.04. The predicted molar refractivity (Wildman–Crippen MR) is 77.7 cm³/mol. The summed E-state index contributed by atoms with van der Waals surface area (Å²) in [5, 5.41) is 24.1. The number of para-hydroxylation sites is 1. The molecule has 3 rings (SSSR count). The van der Waals surface area contributed by atoms with Gasteiger partial charge in [-0.25, -0.2) is 0 Å². The standard InChI is InChI=1S/C14H13N3O2S/c18-12(10-4-5-20-8-10)7-15-14(19)11-3-1-2-9-6-16-17-13(9)11/h1-6,8,12,18H,7H2,(H,15,19)(H,16,17). The number of hydrogen-bond donors (Lipinski definition) is 3. The zero-order chi connectivity index (χ0) is 13.9. The number of nitrogens with zero attached hydrogens (tertiary/aromatic N) is 1. The van der Waals surface area contributed by atoms with Gasteiger partial charge in [0.05, 0.1) is 23.4 Å². The van der Waals surface area contributed by atoms with Crippen molar-refractivity contribution in [3.8, 4) is 0 Å². The minimum absolute atomic E-state index is 0.181. The van der Waals surface area contributed by atoms with E-state index in [0.29, 0.717) is 11.1 Å². The molecule has 5 nitrogen and oxygen atoms in total. The zero-order valence-electron chi connectivity index (χ0n) is 10.5. The van der Waals surface area contributed by atoms with Gasteiger partial charge in [-0.05, 0) is 28.5 Å². The van der Waals surface area contributed by atoms with Crippen LogP contribution in [0.3, 0.4) is 0 Å². The number of carbonyl (C=O) groups is 1. The average molecular weight is 287 g/mol. The molecule has 0 aliphatic heterocycles. The Kier molecular flexibility index (Phi) is 3.49. The van der Waals surface area contributed by atoms with Crippen LogP contribution in [0.4, 0.5) is 0 Å². The molecule has 1 amide bonds. The van der Waals surface area contributed by atoms with Gasteiger partial charge in [-0.3, -0.25) is 9.89 Å². The molecule has 3 N–H and O–H groups in total. The van der Waals surface area contributed by atoms with Crippen molar-refractivity contribution in [2.24, 2.45) is 0 Å². The number of thiophene rings is 1. The van der Waals surface area contributed by atoms with Crippen LogP contribution in [0.2, 0.25) is 0 Å². The van der Waals surface area contributed by atoms with Crippen molar-refractivity contribution in [2.45, 2.75) is 6.10 Å². The number of benzene rings is 1. The number of amides is 1. The van der Waals surface area contributed by atoms with E-state index >= 15 is 0 Å². The van der Waals surface area contributed by atoms with E-state index in [2.05, 4.69) is 15.5 Å². The number of hydrogen-bond acceptors (Lipinski definition) is 4. The molecule has 0 saturated heterocycles. The Balaban J connectivity index is 1.72. The first-order valence-corrected chi connectivity index (χ1v) is 7.10. The van der Waals surface area contributed by atoms with Crippen molar-refractivity contribution in [1.29, 1.82) is 0 Å². The number of rotatable bonds is 4. The van der Waals surface area contributed by atoms with E-state index in [0.717, 1.165) is 10.9 Å². The van der Waals surface area contributed by atoms with Gasteiger partial charge in [0.25, 0.3) is 5.91 Å². The Morgan fingerprint density at radius 1 is 1.45 bits per heavy atom. The Morgan fingerprint density at radius 3 is 3.15 bits per heavy atom. The molecule has 2 aromatic heterocycles. The van der Waals surface area contributed by atoms with Gasteiger partial charge in [0.2, 0.25) is 0 Å². The number of aromatic nitrogens is 2. The van der Waals surface area contributed by atoms with Crippen molar-refractivity contribution in [2.75, 3.05) is 6.54 Å². The van der Waals surface area contributed by atoms with Gasteiger partial charge in [-0.15, -0.1) is 0 Å². The summed E-state index contributed by atoms with van der Waals surface area (Å²) in [6.07, 6.45) is 0.984. The third kappa shape index (κ3) is 2.43. The summed E-state index contributed by atoms with van der Waals surface area (Å²) in [7, 11) is 0. The summed E-state index contributed by atoms with van der Waals surface area (Å²) < 4.78 is 0. The number of nitrogens with one attached hydrogen (secondary N) is 2. The third-order valence-electron chi connectivity index (χ3n) is 3.11. The first-order chi connectivity index (χ1) is 9.75. The van der Waals surface area contributed by atoms with E-state index in [-0.39, 0.29) is 12.5 Å². The molecule has 20 heavy (non-hydrogen) atoms. The summed E-state index contributed by atoms with van der Waals surface area (Å²) in [4.78, 5) is 12.2. The van der Waals surface area contributed by atoms with E-state index < -0.39 is 6.10 Å². The molecule has 102 valence electrons. The van der Waals surface area contributed by atoms with Gasteiger partial charge in [0, 0.05) is 11.9 Å². The van der Waals surface area contributed by atoms with E-state index in [1.165, 1.54) is 11.3 Å². The molecule has 0 spiro atoms. The SMILES string of the molecule is O=C(NCC(O)c1ccsc1)c1cccc2cn[nH]c12. The molecule has 3 aromatic rings. The number of aromatic amines is 1. The average Bonchev–Trinajstić information content (AvgIpc) is 3.13. The highest BCUT2D eigenvalue weighted by molar-refractivity contribution is 7.07. The van der Waals surface area contributed by atoms with E-state index in [9.17, 15) is 9.90 Å². The van der Waals surface area contributed by atoms with Gasteiger partial charge in [-0.2, -0.15) is 16.4 Å². The van der Waals surface area contributed by atoms with Crippen molar-refractivity contribution < 1.29 is 9.90 Å². The van der Waals surface area contributed by atoms with Crippen LogP contribution >= 0.6 is 11.3 Å². The van der Waals surface area contributed by atoms with E-state index in [1.54, 1.807) is 12.3 Å². The van der Waals surface area contributed by atoms with E-state index in [1.807, 2.05) is 29.0 Å².